The van der Waals surface area contributed by atoms with E-state index >= 15 is 0 Å². The average molecular weight is 361 g/mol. The number of hydrogen-bond acceptors (Lipinski definition) is 4. The lowest BCUT2D eigenvalue weighted by Crippen LogP contribution is -2.31. The number of nitrogens with one attached hydrogen (secondary N) is 3. The molecule has 1 amide bonds. The zero-order chi connectivity index (χ0) is 18.3. The Hall–Kier alpha value is -2.38. The third-order valence-electron chi connectivity index (χ3n) is 3.57. The number of aryl methyl sites for hydroxylation is 1. The summed E-state index contributed by atoms with van der Waals surface area (Å²) >= 11 is 0. The van der Waals surface area contributed by atoms with E-state index in [0.717, 1.165) is 12.1 Å². The third kappa shape index (κ3) is 5.58. The van der Waals surface area contributed by atoms with Crippen molar-refractivity contribution in [3.8, 4) is 0 Å². The summed E-state index contributed by atoms with van der Waals surface area (Å²) in [6.07, 6.45) is 0. The molecule has 0 heterocycles. The predicted octanol–water partition coefficient (Wildman–Crippen LogP) is 2.14. The number of hydrogen-bond donors (Lipinski definition) is 3. The highest BCUT2D eigenvalue weighted by Gasteiger charge is 2.15. The van der Waals surface area contributed by atoms with Gasteiger partial charge in [-0.15, -0.1) is 0 Å². The van der Waals surface area contributed by atoms with E-state index in [1.54, 1.807) is 12.1 Å². The molecule has 3 N–H and O–H groups in total. The summed E-state index contributed by atoms with van der Waals surface area (Å²) in [5.41, 5.74) is 1.97. The zero-order valence-electron chi connectivity index (χ0n) is 14.4. The Kier molecular flexibility index (Phi) is 6.55. The van der Waals surface area contributed by atoms with Crippen LogP contribution < -0.4 is 15.4 Å². The van der Waals surface area contributed by atoms with Gasteiger partial charge < -0.3 is 10.6 Å². The average Bonchev–Trinajstić information content (AvgIpc) is 2.60. The molecule has 0 saturated heterocycles. The van der Waals surface area contributed by atoms with Gasteiger partial charge >= 0.3 is 0 Å². The van der Waals surface area contributed by atoms with Crippen LogP contribution in [-0.2, 0) is 10.0 Å². The number of amides is 1. The number of benzene rings is 2. The second-order valence-electron chi connectivity index (χ2n) is 5.61. The van der Waals surface area contributed by atoms with Gasteiger partial charge in [0.25, 0.3) is 15.9 Å². The molecule has 134 valence electrons. The Morgan fingerprint density at radius 3 is 2.20 bits per heavy atom. The molecule has 0 bridgehead atoms. The van der Waals surface area contributed by atoms with Crippen molar-refractivity contribution in [3.63, 3.8) is 0 Å². The van der Waals surface area contributed by atoms with Crippen LogP contribution in [0.5, 0.6) is 0 Å². The van der Waals surface area contributed by atoms with E-state index in [1.807, 2.05) is 26.0 Å². The molecule has 0 radical (unpaired) electrons. The molecular formula is C18H23N3O3S. The normalized spacial score (nSPS) is 11.1. The van der Waals surface area contributed by atoms with E-state index in [9.17, 15) is 13.2 Å². The molecule has 0 fully saturated rings. The highest BCUT2D eigenvalue weighted by molar-refractivity contribution is 7.92. The molecule has 0 atom stereocenters. The highest BCUT2D eigenvalue weighted by atomic mass is 32.2. The monoisotopic (exact) mass is 361 g/mol. The van der Waals surface area contributed by atoms with Crippen LogP contribution >= 0.6 is 0 Å². The van der Waals surface area contributed by atoms with Crippen LogP contribution in [-0.4, -0.2) is 34.0 Å². The first kappa shape index (κ1) is 19.0. The maximum Gasteiger partial charge on any atom is 0.261 e. The zero-order valence-corrected chi connectivity index (χ0v) is 15.2. The summed E-state index contributed by atoms with van der Waals surface area (Å²) in [6, 6.07) is 12.9. The minimum absolute atomic E-state index is 0.109. The van der Waals surface area contributed by atoms with Crippen molar-refractivity contribution < 1.29 is 13.2 Å². The molecule has 6 nitrogen and oxygen atoms in total. The Morgan fingerprint density at radius 2 is 1.60 bits per heavy atom. The molecule has 0 aliphatic heterocycles. The first-order valence-electron chi connectivity index (χ1n) is 8.11. The molecule has 2 rings (SSSR count). The quantitative estimate of drug-likeness (QED) is 0.629. The van der Waals surface area contributed by atoms with Gasteiger partial charge in [-0.1, -0.05) is 24.6 Å². The molecule has 0 aliphatic rings. The lowest BCUT2D eigenvalue weighted by atomic mass is 10.2. The minimum Gasteiger partial charge on any atom is -0.351 e. The fraction of sp³-hybridized carbons (Fsp3) is 0.278. The summed E-state index contributed by atoms with van der Waals surface area (Å²) in [6.45, 7) is 5.97. The molecule has 25 heavy (non-hydrogen) atoms. The van der Waals surface area contributed by atoms with Gasteiger partial charge in [0.2, 0.25) is 0 Å². The smallest absolute Gasteiger partial charge is 0.261 e. The Balaban J connectivity index is 2.02. The number of rotatable bonds is 8. The standard InChI is InChI=1S/C18H23N3O3S/c1-3-19-12-13-20-18(22)15-6-10-17(11-7-15)25(23,24)21-16-8-4-14(2)5-9-16/h4-11,19,21H,3,12-13H2,1-2H3,(H,20,22). The predicted molar refractivity (Wildman–Crippen MR) is 99.3 cm³/mol. The number of likely N-dealkylation sites (N-methyl/N-ethyl adjacent to an activating group) is 1. The number of sulfonamides is 1. The van der Waals surface area contributed by atoms with Crippen molar-refractivity contribution in [1.82, 2.24) is 10.6 Å². The lowest BCUT2D eigenvalue weighted by molar-refractivity contribution is 0.0954. The topological polar surface area (TPSA) is 87.3 Å². The summed E-state index contributed by atoms with van der Waals surface area (Å²) < 4.78 is 27.3. The molecule has 2 aromatic rings. The Labute approximate surface area is 148 Å². The SMILES string of the molecule is CCNCCNC(=O)c1ccc(S(=O)(=O)Nc2ccc(C)cc2)cc1. The molecule has 0 unspecified atom stereocenters. The van der Waals surface area contributed by atoms with Gasteiger partial charge in [0.15, 0.2) is 0 Å². The summed E-state index contributed by atoms with van der Waals surface area (Å²) in [7, 11) is -3.68. The Morgan fingerprint density at radius 1 is 0.960 bits per heavy atom. The van der Waals surface area contributed by atoms with Crippen LogP contribution in [0.4, 0.5) is 5.69 Å². The van der Waals surface area contributed by atoms with Crippen LogP contribution in [0.2, 0.25) is 0 Å². The summed E-state index contributed by atoms with van der Waals surface area (Å²) in [5.74, 6) is -0.228. The van der Waals surface area contributed by atoms with E-state index in [-0.39, 0.29) is 10.8 Å². The maximum atomic E-state index is 12.4. The fourth-order valence-electron chi connectivity index (χ4n) is 2.16. The van der Waals surface area contributed by atoms with Crippen molar-refractivity contribution in [1.29, 1.82) is 0 Å². The molecular weight excluding hydrogens is 338 g/mol. The van der Waals surface area contributed by atoms with Crippen LogP contribution in [0.25, 0.3) is 0 Å². The van der Waals surface area contributed by atoms with Crippen molar-refractivity contribution in [2.45, 2.75) is 18.7 Å². The van der Waals surface area contributed by atoms with Crippen molar-refractivity contribution in [2.24, 2.45) is 0 Å². The number of anilines is 1. The maximum absolute atomic E-state index is 12.4. The molecule has 0 aromatic heterocycles. The van der Waals surface area contributed by atoms with Gasteiger partial charge in [0, 0.05) is 24.3 Å². The first-order valence-corrected chi connectivity index (χ1v) is 9.59. The Bertz CT molecular complexity index is 800. The van der Waals surface area contributed by atoms with Crippen LogP contribution in [0, 0.1) is 6.92 Å². The molecule has 0 saturated carbocycles. The van der Waals surface area contributed by atoms with Gasteiger partial charge in [-0.2, -0.15) is 0 Å². The van der Waals surface area contributed by atoms with E-state index < -0.39 is 10.0 Å². The van der Waals surface area contributed by atoms with Gasteiger partial charge in [-0.3, -0.25) is 9.52 Å². The highest BCUT2D eigenvalue weighted by Crippen LogP contribution is 2.17. The third-order valence-corrected chi connectivity index (χ3v) is 4.97. The van der Waals surface area contributed by atoms with Gasteiger partial charge in [0.05, 0.1) is 4.90 Å². The molecule has 7 heteroatoms. The van der Waals surface area contributed by atoms with Crippen molar-refractivity contribution in [3.05, 3.63) is 59.7 Å². The first-order chi connectivity index (χ1) is 11.9. The van der Waals surface area contributed by atoms with Crippen molar-refractivity contribution >= 4 is 21.6 Å². The van der Waals surface area contributed by atoms with E-state index in [1.165, 1.54) is 24.3 Å². The van der Waals surface area contributed by atoms with Crippen LogP contribution in [0.15, 0.2) is 53.4 Å². The van der Waals surface area contributed by atoms with E-state index in [2.05, 4.69) is 15.4 Å². The van der Waals surface area contributed by atoms with Gasteiger partial charge in [0.1, 0.15) is 0 Å². The molecule has 0 spiro atoms. The van der Waals surface area contributed by atoms with Crippen LogP contribution in [0.1, 0.15) is 22.8 Å². The fourth-order valence-corrected chi connectivity index (χ4v) is 3.22. The summed E-state index contributed by atoms with van der Waals surface area (Å²) in [4.78, 5) is 12.1. The number of carbonyl (C=O) groups is 1. The second kappa shape index (κ2) is 8.64. The second-order valence-corrected chi connectivity index (χ2v) is 7.29. The molecule has 2 aromatic carbocycles. The van der Waals surface area contributed by atoms with E-state index in [0.29, 0.717) is 24.3 Å². The largest absolute Gasteiger partial charge is 0.351 e. The lowest BCUT2D eigenvalue weighted by Gasteiger charge is -2.09. The summed E-state index contributed by atoms with van der Waals surface area (Å²) in [5, 5.41) is 5.88. The number of carbonyl (C=O) groups excluding carboxylic acids is 1. The minimum atomic E-state index is -3.68. The molecule has 0 aliphatic carbocycles. The van der Waals surface area contributed by atoms with E-state index in [4.69, 9.17) is 0 Å². The van der Waals surface area contributed by atoms with Crippen LogP contribution in [0.3, 0.4) is 0 Å². The van der Waals surface area contributed by atoms with Crippen molar-refractivity contribution in [2.75, 3.05) is 24.4 Å². The van der Waals surface area contributed by atoms with Gasteiger partial charge in [-0.25, -0.2) is 8.42 Å². The van der Waals surface area contributed by atoms with Gasteiger partial charge in [-0.05, 0) is 49.9 Å².